The van der Waals surface area contributed by atoms with Gasteiger partial charge in [0.25, 0.3) is 5.91 Å². The first-order valence-electron chi connectivity index (χ1n) is 10.4. The first kappa shape index (κ1) is 23.5. The summed E-state index contributed by atoms with van der Waals surface area (Å²) in [7, 11) is 0. The van der Waals surface area contributed by atoms with Gasteiger partial charge >= 0.3 is 5.97 Å². The van der Waals surface area contributed by atoms with Crippen molar-refractivity contribution in [2.45, 2.75) is 30.2 Å². The molecule has 8 heteroatoms. The number of anilines is 1. The maximum Gasteiger partial charge on any atom is 0.326 e. The van der Waals surface area contributed by atoms with Crippen LogP contribution in [0.2, 0.25) is 0 Å². The Morgan fingerprint density at radius 1 is 1.26 bits per heavy atom. The van der Waals surface area contributed by atoms with E-state index in [1.807, 2.05) is 48.7 Å². The average Bonchev–Trinajstić information content (AvgIpc) is 3.20. The number of benzene rings is 2. The summed E-state index contributed by atoms with van der Waals surface area (Å²) in [6, 6.07) is 14.6. The minimum atomic E-state index is -1.02. The van der Waals surface area contributed by atoms with E-state index in [2.05, 4.69) is 28.6 Å². The largest absolute Gasteiger partial charge is 0.480 e. The van der Waals surface area contributed by atoms with E-state index < -0.39 is 12.0 Å². The van der Waals surface area contributed by atoms with Crippen LogP contribution in [0.15, 0.2) is 48.5 Å². The maximum absolute atomic E-state index is 13.0. The van der Waals surface area contributed by atoms with Crippen molar-refractivity contribution in [1.29, 1.82) is 0 Å². The fourth-order valence-electron chi connectivity index (χ4n) is 3.63. The molecule has 2 unspecified atom stereocenters. The summed E-state index contributed by atoms with van der Waals surface area (Å²) in [5.74, 6) is -0.744. The highest BCUT2D eigenvalue weighted by Gasteiger charge is 2.24. The molecule has 0 spiro atoms. The van der Waals surface area contributed by atoms with Crippen LogP contribution in [0.3, 0.4) is 0 Å². The molecule has 3 atom stereocenters. The molecule has 1 saturated heterocycles. The van der Waals surface area contributed by atoms with Crippen molar-refractivity contribution in [3.63, 3.8) is 0 Å². The molecule has 2 aromatic rings. The number of hydrogen-bond donors (Lipinski definition) is 5. The molecule has 0 bridgehead atoms. The molecule has 1 amide bonds. The van der Waals surface area contributed by atoms with Crippen LogP contribution < -0.4 is 16.0 Å². The summed E-state index contributed by atoms with van der Waals surface area (Å²) in [4.78, 5) is 24.6. The number of rotatable bonds is 10. The van der Waals surface area contributed by atoms with Crippen LogP contribution in [0.1, 0.15) is 23.2 Å². The summed E-state index contributed by atoms with van der Waals surface area (Å²) in [5.41, 5.74) is 3.03. The van der Waals surface area contributed by atoms with Crippen molar-refractivity contribution < 1.29 is 14.7 Å². The van der Waals surface area contributed by atoms with Crippen molar-refractivity contribution in [2.75, 3.05) is 30.4 Å². The molecule has 166 valence electrons. The molecule has 1 aliphatic rings. The molecule has 0 radical (unpaired) electrons. The molecule has 31 heavy (non-hydrogen) atoms. The molecular weight excluding hydrogens is 430 g/mol. The topological polar surface area (TPSA) is 90.5 Å². The Morgan fingerprint density at radius 2 is 2.03 bits per heavy atom. The Kier molecular flexibility index (Phi) is 8.69. The lowest BCUT2D eigenvalue weighted by Gasteiger charge is -2.19. The van der Waals surface area contributed by atoms with E-state index in [0.29, 0.717) is 29.0 Å². The third-order valence-electron chi connectivity index (χ3n) is 5.40. The van der Waals surface area contributed by atoms with Crippen molar-refractivity contribution >= 4 is 42.0 Å². The van der Waals surface area contributed by atoms with Gasteiger partial charge in [0.05, 0.1) is 0 Å². The first-order valence-corrected chi connectivity index (χ1v) is 12.3. The summed E-state index contributed by atoms with van der Waals surface area (Å²) in [6.45, 7) is 1.71. The molecule has 2 aromatic carbocycles. The predicted octanol–water partition coefficient (Wildman–Crippen LogP) is 3.36. The van der Waals surface area contributed by atoms with E-state index in [0.717, 1.165) is 36.3 Å². The van der Waals surface area contributed by atoms with E-state index in [1.165, 1.54) is 0 Å². The van der Waals surface area contributed by atoms with Gasteiger partial charge in [-0.3, -0.25) is 4.79 Å². The number of carbonyl (C=O) groups is 2. The minimum Gasteiger partial charge on any atom is -0.480 e. The van der Waals surface area contributed by atoms with Gasteiger partial charge in [0.1, 0.15) is 6.04 Å². The molecule has 0 saturated carbocycles. The predicted molar refractivity (Wildman–Crippen MR) is 131 cm³/mol. The number of carboxylic acid groups (broad SMARTS) is 1. The van der Waals surface area contributed by atoms with E-state index in [9.17, 15) is 14.7 Å². The molecule has 0 aliphatic carbocycles. The first-order chi connectivity index (χ1) is 15.0. The number of nitrogens with one attached hydrogen (secondary N) is 3. The number of hydrogen-bond acceptors (Lipinski definition) is 6. The Bertz CT molecular complexity index is 895. The van der Waals surface area contributed by atoms with Gasteiger partial charge in [-0.2, -0.15) is 24.4 Å². The standard InChI is InChI=1S/C23H29N3O3S2/c1-31-12-10-19(23(28)29)26-22(27)17-8-7-16(25-14-20-21(30)9-11-24-20)13-18(17)15-5-3-2-4-6-15/h2-8,13,19-21,24-25,30H,9-12,14H2,1H3,(H,26,27)(H,28,29)/t19-,20?,21?/m0/s1. The Hall–Kier alpha value is -2.16. The summed E-state index contributed by atoms with van der Waals surface area (Å²) >= 11 is 6.18. The zero-order valence-electron chi connectivity index (χ0n) is 17.5. The molecular formula is C23H29N3O3S2. The van der Waals surface area contributed by atoms with Gasteiger partial charge in [-0.15, -0.1) is 0 Å². The van der Waals surface area contributed by atoms with Crippen molar-refractivity contribution in [1.82, 2.24) is 10.6 Å². The number of aliphatic carboxylic acids is 1. The van der Waals surface area contributed by atoms with Crippen LogP contribution in [0, 0.1) is 0 Å². The minimum absolute atomic E-state index is 0.291. The van der Waals surface area contributed by atoms with Crippen LogP contribution in [0.25, 0.3) is 11.1 Å². The second-order valence-corrected chi connectivity index (χ2v) is 9.22. The van der Waals surface area contributed by atoms with Gasteiger partial charge in [0.15, 0.2) is 0 Å². The van der Waals surface area contributed by atoms with Crippen molar-refractivity contribution in [2.24, 2.45) is 0 Å². The number of carbonyl (C=O) groups excluding carboxylic acids is 1. The highest BCUT2D eigenvalue weighted by Crippen LogP contribution is 2.28. The molecule has 1 fully saturated rings. The lowest BCUT2D eigenvalue weighted by atomic mass is 9.98. The highest BCUT2D eigenvalue weighted by molar-refractivity contribution is 7.98. The van der Waals surface area contributed by atoms with Crippen LogP contribution in [-0.2, 0) is 4.79 Å². The van der Waals surface area contributed by atoms with E-state index in [1.54, 1.807) is 17.8 Å². The smallest absolute Gasteiger partial charge is 0.326 e. The third kappa shape index (κ3) is 6.41. The zero-order chi connectivity index (χ0) is 22.2. The quantitative estimate of drug-likeness (QED) is 0.350. The van der Waals surface area contributed by atoms with E-state index in [-0.39, 0.29) is 5.91 Å². The Morgan fingerprint density at radius 3 is 2.68 bits per heavy atom. The summed E-state index contributed by atoms with van der Waals surface area (Å²) < 4.78 is 0. The molecule has 0 aromatic heterocycles. The Labute approximate surface area is 193 Å². The van der Waals surface area contributed by atoms with Gasteiger partial charge in [-0.1, -0.05) is 30.3 Å². The van der Waals surface area contributed by atoms with Crippen LogP contribution in [0.5, 0.6) is 0 Å². The normalized spacial score (nSPS) is 19.0. The van der Waals surface area contributed by atoms with Crippen LogP contribution >= 0.6 is 24.4 Å². The van der Waals surface area contributed by atoms with Crippen LogP contribution in [-0.4, -0.2) is 59.4 Å². The monoisotopic (exact) mass is 459 g/mol. The van der Waals surface area contributed by atoms with E-state index >= 15 is 0 Å². The fraction of sp³-hybridized carbons (Fsp3) is 0.391. The van der Waals surface area contributed by atoms with Gasteiger partial charge < -0.3 is 21.1 Å². The molecule has 1 heterocycles. The average molecular weight is 460 g/mol. The second-order valence-electron chi connectivity index (χ2n) is 7.57. The number of thiol groups is 1. The molecule has 4 N–H and O–H groups in total. The lowest BCUT2D eigenvalue weighted by molar-refractivity contribution is -0.139. The lowest BCUT2D eigenvalue weighted by Crippen LogP contribution is -2.41. The van der Waals surface area contributed by atoms with Crippen LogP contribution in [0.4, 0.5) is 5.69 Å². The number of thioether (sulfide) groups is 1. The number of amides is 1. The Balaban J connectivity index is 1.83. The highest BCUT2D eigenvalue weighted by atomic mass is 32.2. The molecule has 6 nitrogen and oxygen atoms in total. The van der Waals surface area contributed by atoms with E-state index in [4.69, 9.17) is 0 Å². The van der Waals surface area contributed by atoms with Gasteiger partial charge in [0.2, 0.25) is 0 Å². The zero-order valence-corrected chi connectivity index (χ0v) is 19.2. The summed E-state index contributed by atoms with van der Waals surface area (Å²) in [5, 5.41) is 19.4. The van der Waals surface area contributed by atoms with Gasteiger partial charge in [0, 0.05) is 29.1 Å². The van der Waals surface area contributed by atoms with Gasteiger partial charge in [-0.05, 0) is 60.7 Å². The maximum atomic E-state index is 13.0. The molecule has 1 aliphatic heterocycles. The van der Waals surface area contributed by atoms with Gasteiger partial charge in [-0.25, -0.2) is 4.79 Å². The van der Waals surface area contributed by atoms with Crippen molar-refractivity contribution in [3.8, 4) is 11.1 Å². The summed E-state index contributed by atoms with van der Waals surface area (Å²) in [6.07, 6.45) is 3.34. The number of carboxylic acids is 1. The van der Waals surface area contributed by atoms with Crippen molar-refractivity contribution in [3.05, 3.63) is 54.1 Å². The fourth-order valence-corrected chi connectivity index (χ4v) is 4.44. The molecule has 3 rings (SSSR count). The third-order valence-corrected chi connectivity index (χ3v) is 6.66. The second kappa shape index (κ2) is 11.5. The SMILES string of the molecule is CSCC[C@H](NC(=O)c1ccc(NCC2NCCC2S)cc1-c1ccccc1)C(=O)O.